The Morgan fingerprint density at radius 3 is 2.22 bits per heavy atom. The van der Waals surface area contributed by atoms with Gasteiger partial charge in [-0.3, -0.25) is 4.79 Å². The number of hydrogen-bond acceptors (Lipinski definition) is 3. The Labute approximate surface area is 111 Å². The summed E-state index contributed by atoms with van der Waals surface area (Å²) in [6, 6.07) is 0. The molecule has 0 radical (unpaired) electrons. The Bertz CT molecular complexity index is 250. The van der Waals surface area contributed by atoms with E-state index in [-0.39, 0.29) is 11.8 Å². The monoisotopic (exact) mass is 258 g/mol. The van der Waals surface area contributed by atoms with Gasteiger partial charge >= 0.3 is 0 Å². The molecule has 0 aliphatic heterocycles. The first-order chi connectivity index (χ1) is 8.18. The summed E-state index contributed by atoms with van der Waals surface area (Å²) in [5.41, 5.74) is 4.77. The van der Waals surface area contributed by atoms with Gasteiger partial charge in [0, 0.05) is 13.1 Å². The van der Waals surface area contributed by atoms with Crippen LogP contribution < -0.4 is 11.1 Å². The van der Waals surface area contributed by atoms with E-state index in [1.165, 1.54) is 0 Å². The number of amides is 1. The number of nitrogens with one attached hydrogen (secondary N) is 1. The zero-order chi connectivity index (χ0) is 14.3. The molecule has 0 fully saturated rings. The molecule has 0 heterocycles. The Hall–Kier alpha value is -0.610. The highest BCUT2D eigenvalue weighted by molar-refractivity contribution is 5.78. The molecule has 0 saturated carbocycles. The highest BCUT2D eigenvalue weighted by atomic mass is 16.3. The lowest BCUT2D eigenvalue weighted by Crippen LogP contribution is -2.45. The zero-order valence-corrected chi connectivity index (χ0v) is 12.5. The smallest absolute Gasteiger partial charge is 0.224 e. The first kappa shape index (κ1) is 17.4. The van der Waals surface area contributed by atoms with Gasteiger partial charge in [0.05, 0.1) is 11.5 Å². The Kier molecular flexibility index (Phi) is 7.48. The molecule has 2 atom stereocenters. The van der Waals surface area contributed by atoms with Gasteiger partial charge in [-0.15, -0.1) is 0 Å². The summed E-state index contributed by atoms with van der Waals surface area (Å²) in [5.74, 6) is 0.647. The zero-order valence-electron chi connectivity index (χ0n) is 12.5. The molecular weight excluding hydrogens is 228 g/mol. The summed E-state index contributed by atoms with van der Waals surface area (Å²) in [6.07, 6.45) is 1.46. The number of hydrogen-bond donors (Lipinski definition) is 3. The van der Waals surface area contributed by atoms with Crippen LogP contribution in [0.4, 0.5) is 0 Å². The van der Waals surface area contributed by atoms with Crippen LogP contribution in [0.15, 0.2) is 0 Å². The van der Waals surface area contributed by atoms with Crippen LogP contribution in [-0.4, -0.2) is 29.7 Å². The van der Waals surface area contributed by atoms with Crippen LogP contribution in [0.25, 0.3) is 0 Å². The standard InChI is InChI=1S/C14H30N2O2/c1-10(2)6-12(8-15)13(17)16-9-14(5,18)7-11(3)4/h10-12,18H,6-9,15H2,1-5H3,(H,16,17). The third-order valence-electron chi connectivity index (χ3n) is 2.90. The topological polar surface area (TPSA) is 75.4 Å². The highest BCUT2D eigenvalue weighted by Crippen LogP contribution is 2.16. The lowest BCUT2D eigenvalue weighted by molar-refractivity contribution is -0.126. The van der Waals surface area contributed by atoms with Crippen molar-refractivity contribution in [2.24, 2.45) is 23.5 Å². The number of rotatable bonds is 8. The fraction of sp³-hybridized carbons (Fsp3) is 0.929. The van der Waals surface area contributed by atoms with Gasteiger partial charge in [0.25, 0.3) is 0 Å². The van der Waals surface area contributed by atoms with Crippen molar-refractivity contribution in [1.82, 2.24) is 5.32 Å². The van der Waals surface area contributed by atoms with E-state index >= 15 is 0 Å². The van der Waals surface area contributed by atoms with E-state index in [2.05, 4.69) is 33.0 Å². The maximum atomic E-state index is 11.9. The Morgan fingerprint density at radius 1 is 1.28 bits per heavy atom. The number of aliphatic hydroxyl groups is 1. The van der Waals surface area contributed by atoms with Crippen molar-refractivity contribution in [2.45, 2.75) is 53.1 Å². The molecule has 18 heavy (non-hydrogen) atoms. The summed E-state index contributed by atoms with van der Waals surface area (Å²) < 4.78 is 0. The van der Waals surface area contributed by atoms with Crippen molar-refractivity contribution < 1.29 is 9.90 Å². The normalized spacial score (nSPS) is 16.7. The summed E-state index contributed by atoms with van der Waals surface area (Å²) in [7, 11) is 0. The van der Waals surface area contributed by atoms with E-state index in [1.807, 2.05) is 0 Å². The van der Waals surface area contributed by atoms with Crippen molar-refractivity contribution in [3.05, 3.63) is 0 Å². The van der Waals surface area contributed by atoms with Crippen LogP contribution in [0, 0.1) is 17.8 Å². The third-order valence-corrected chi connectivity index (χ3v) is 2.90. The molecule has 0 aliphatic carbocycles. The predicted octanol–water partition coefficient (Wildman–Crippen LogP) is 1.52. The predicted molar refractivity (Wildman–Crippen MR) is 75.1 cm³/mol. The van der Waals surface area contributed by atoms with Crippen LogP contribution in [0.2, 0.25) is 0 Å². The minimum atomic E-state index is -0.846. The van der Waals surface area contributed by atoms with Crippen molar-refractivity contribution in [3.8, 4) is 0 Å². The van der Waals surface area contributed by atoms with Gasteiger partial charge in [-0.25, -0.2) is 0 Å². The van der Waals surface area contributed by atoms with E-state index in [0.717, 1.165) is 6.42 Å². The molecule has 1 amide bonds. The minimum absolute atomic E-state index is 0.0461. The Morgan fingerprint density at radius 2 is 1.83 bits per heavy atom. The molecule has 2 unspecified atom stereocenters. The molecule has 0 aliphatic rings. The molecule has 0 aromatic rings. The fourth-order valence-electron chi connectivity index (χ4n) is 2.25. The van der Waals surface area contributed by atoms with E-state index in [1.54, 1.807) is 6.92 Å². The van der Waals surface area contributed by atoms with Crippen LogP contribution in [-0.2, 0) is 4.79 Å². The Balaban J connectivity index is 4.22. The second-order valence-electron chi connectivity index (χ2n) is 6.37. The maximum Gasteiger partial charge on any atom is 0.224 e. The minimum Gasteiger partial charge on any atom is -0.388 e. The SMILES string of the molecule is CC(C)CC(CN)C(=O)NCC(C)(O)CC(C)C. The molecular formula is C14H30N2O2. The van der Waals surface area contributed by atoms with E-state index in [9.17, 15) is 9.90 Å². The van der Waals surface area contributed by atoms with Crippen molar-refractivity contribution in [2.75, 3.05) is 13.1 Å². The van der Waals surface area contributed by atoms with Crippen molar-refractivity contribution >= 4 is 5.91 Å². The van der Waals surface area contributed by atoms with Crippen LogP contribution in [0.1, 0.15) is 47.5 Å². The molecule has 4 nitrogen and oxygen atoms in total. The van der Waals surface area contributed by atoms with Gasteiger partial charge in [0.1, 0.15) is 0 Å². The molecule has 0 saturated heterocycles. The van der Waals surface area contributed by atoms with Gasteiger partial charge in [-0.05, 0) is 31.6 Å². The van der Waals surface area contributed by atoms with Gasteiger partial charge < -0.3 is 16.2 Å². The van der Waals surface area contributed by atoms with E-state index in [0.29, 0.717) is 31.3 Å². The first-order valence-corrected chi connectivity index (χ1v) is 6.88. The second kappa shape index (κ2) is 7.74. The lowest BCUT2D eigenvalue weighted by Gasteiger charge is -2.27. The van der Waals surface area contributed by atoms with Crippen LogP contribution >= 0.6 is 0 Å². The molecule has 0 spiro atoms. The summed E-state index contributed by atoms with van der Waals surface area (Å²) >= 11 is 0. The maximum absolute atomic E-state index is 11.9. The van der Waals surface area contributed by atoms with Gasteiger partial charge in [0.15, 0.2) is 0 Å². The molecule has 108 valence electrons. The van der Waals surface area contributed by atoms with Crippen molar-refractivity contribution in [3.63, 3.8) is 0 Å². The molecule has 4 N–H and O–H groups in total. The molecule has 0 aromatic heterocycles. The number of nitrogens with two attached hydrogens (primary N) is 1. The quantitative estimate of drug-likeness (QED) is 0.618. The van der Waals surface area contributed by atoms with Gasteiger partial charge in [0.2, 0.25) is 5.91 Å². The molecule has 0 bridgehead atoms. The number of carbonyl (C=O) groups is 1. The first-order valence-electron chi connectivity index (χ1n) is 6.88. The average molecular weight is 258 g/mol. The molecule has 0 rings (SSSR count). The van der Waals surface area contributed by atoms with Crippen LogP contribution in [0.3, 0.4) is 0 Å². The summed E-state index contributed by atoms with van der Waals surface area (Å²) in [5, 5.41) is 12.9. The highest BCUT2D eigenvalue weighted by Gasteiger charge is 2.25. The average Bonchev–Trinajstić information content (AvgIpc) is 2.20. The summed E-state index contributed by atoms with van der Waals surface area (Å²) in [6.45, 7) is 10.7. The number of carbonyl (C=O) groups excluding carboxylic acids is 1. The summed E-state index contributed by atoms with van der Waals surface area (Å²) in [4.78, 5) is 11.9. The van der Waals surface area contributed by atoms with Crippen molar-refractivity contribution in [1.29, 1.82) is 0 Å². The van der Waals surface area contributed by atoms with Crippen LogP contribution in [0.5, 0.6) is 0 Å². The fourth-order valence-corrected chi connectivity index (χ4v) is 2.25. The van der Waals surface area contributed by atoms with E-state index < -0.39 is 5.60 Å². The molecule has 4 heteroatoms. The largest absolute Gasteiger partial charge is 0.388 e. The van der Waals surface area contributed by atoms with Gasteiger partial charge in [-0.2, -0.15) is 0 Å². The third kappa shape index (κ3) is 7.67. The van der Waals surface area contributed by atoms with Gasteiger partial charge in [-0.1, -0.05) is 27.7 Å². The molecule has 0 aromatic carbocycles. The lowest BCUT2D eigenvalue weighted by atomic mass is 9.93. The van der Waals surface area contributed by atoms with E-state index in [4.69, 9.17) is 5.73 Å². The second-order valence-corrected chi connectivity index (χ2v) is 6.37.